The molecule has 0 amide bonds. The summed E-state index contributed by atoms with van der Waals surface area (Å²) in [6.07, 6.45) is 3.40. The maximum atomic E-state index is 11.2. The molecule has 0 spiro atoms. The molecule has 2 rings (SSSR count). The van der Waals surface area contributed by atoms with Gasteiger partial charge in [0.15, 0.2) is 0 Å². The molecule has 0 radical (unpaired) electrons. The highest BCUT2D eigenvalue weighted by Gasteiger charge is 2.19. The minimum Gasteiger partial charge on any atom is -0.478 e. The second-order valence-electron chi connectivity index (χ2n) is 3.83. The number of aromatic nitrogens is 3. The van der Waals surface area contributed by atoms with Crippen LogP contribution in [0.2, 0.25) is 10.4 Å². The Hall–Kier alpha value is -1.02. The van der Waals surface area contributed by atoms with Crippen molar-refractivity contribution in [2.45, 2.75) is 6.73 Å². The molecule has 0 fully saturated rings. The fraction of sp³-hybridized carbons (Fsp3) is 0.364. The maximum Gasteiger partial charge on any atom is 0.338 e. The van der Waals surface area contributed by atoms with Crippen molar-refractivity contribution in [1.82, 2.24) is 14.5 Å². The molecule has 0 unspecified atom stereocenters. The Morgan fingerprint density at radius 3 is 2.90 bits per heavy atom. The molecule has 0 aliphatic rings. The zero-order chi connectivity index (χ0) is 14.7. The molecule has 20 heavy (non-hydrogen) atoms. The van der Waals surface area contributed by atoms with E-state index in [0.29, 0.717) is 12.3 Å². The van der Waals surface area contributed by atoms with Crippen molar-refractivity contribution in [2.75, 3.05) is 18.6 Å². The first-order valence-corrected chi connectivity index (χ1v) is 7.71. The normalized spacial score (nSPS) is 11.2. The smallest absolute Gasteiger partial charge is 0.338 e. The second-order valence-corrected chi connectivity index (χ2v) is 5.51. The van der Waals surface area contributed by atoms with Crippen molar-refractivity contribution >= 4 is 52.0 Å². The Morgan fingerprint density at radius 2 is 2.25 bits per heavy atom. The molecule has 2 aromatic rings. The van der Waals surface area contributed by atoms with Crippen molar-refractivity contribution < 1.29 is 14.6 Å². The molecular formula is C11H11Cl2N3O3S. The topological polar surface area (TPSA) is 77.2 Å². The molecular weight excluding hydrogens is 325 g/mol. The summed E-state index contributed by atoms with van der Waals surface area (Å²) in [5.41, 5.74) is 0.367. The van der Waals surface area contributed by atoms with E-state index in [0.717, 1.165) is 5.75 Å². The summed E-state index contributed by atoms with van der Waals surface area (Å²) in [5, 5.41) is 9.43. The first-order chi connectivity index (χ1) is 9.54. The molecule has 2 heterocycles. The van der Waals surface area contributed by atoms with Crippen LogP contribution in [0.3, 0.4) is 0 Å². The summed E-state index contributed by atoms with van der Waals surface area (Å²) >= 11 is 13.4. The van der Waals surface area contributed by atoms with Gasteiger partial charge in [-0.25, -0.2) is 9.78 Å². The van der Waals surface area contributed by atoms with Gasteiger partial charge in [0.2, 0.25) is 5.28 Å². The Morgan fingerprint density at radius 1 is 1.50 bits per heavy atom. The molecule has 108 valence electrons. The number of hydrogen-bond donors (Lipinski definition) is 1. The number of aromatic carboxylic acids is 1. The van der Waals surface area contributed by atoms with Gasteiger partial charge >= 0.3 is 5.97 Å². The van der Waals surface area contributed by atoms with E-state index in [2.05, 4.69) is 9.97 Å². The van der Waals surface area contributed by atoms with Gasteiger partial charge in [-0.3, -0.25) is 0 Å². The third-order valence-corrected chi connectivity index (χ3v) is 3.55. The van der Waals surface area contributed by atoms with E-state index in [1.165, 1.54) is 6.20 Å². The molecule has 0 saturated carbocycles. The van der Waals surface area contributed by atoms with Crippen LogP contribution in [-0.4, -0.2) is 44.2 Å². The number of hydrogen-bond acceptors (Lipinski definition) is 5. The van der Waals surface area contributed by atoms with Gasteiger partial charge in [-0.15, -0.1) is 0 Å². The fourth-order valence-corrected chi connectivity index (χ4v) is 2.44. The van der Waals surface area contributed by atoms with Crippen LogP contribution in [0.1, 0.15) is 10.4 Å². The predicted molar refractivity (Wildman–Crippen MR) is 78.8 cm³/mol. The summed E-state index contributed by atoms with van der Waals surface area (Å²) in [6.45, 7) is 0.726. The lowest BCUT2D eigenvalue weighted by Gasteiger charge is -2.05. The highest BCUT2D eigenvalue weighted by Crippen LogP contribution is 2.27. The third kappa shape index (κ3) is 3.17. The van der Waals surface area contributed by atoms with Gasteiger partial charge in [0.25, 0.3) is 0 Å². The largest absolute Gasteiger partial charge is 0.478 e. The molecule has 0 aliphatic heterocycles. The average molecular weight is 336 g/mol. The lowest BCUT2D eigenvalue weighted by Crippen LogP contribution is -2.05. The second kappa shape index (κ2) is 6.62. The van der Waals surface area contributed by atoms with Crippen LogP contribution in [0.15, 0.2) is 6.20 Å². The number of carboxylic acid groups (broad SMARTS) is 1. The quantitative estimate of drug-likeness (QED) is 0.497. The first kappa shape index (κ1) is 15.4. The van der Waals surface area contributed by atoms with E-state index in [4.69, 9.17) is 27.9 Å². The van der Waals surface area contributed by atoms with E-state index < -0.39 is 5.97 Å². The van der Waals surface area contributed by atoms with Gasteiger partial charge in [-0.1, -0.05) is 11.6 Å². The summed E-state index contributed by atoms with van der Waals surface area (Å²) in [5.74, 6) is -0.257. The molecule has 0 saturated heterocycles. The molecule has 0 atom stereocenters. The highest BCUT2D eigenvalue weighted by atomic mass is 35.5. The van der Waals surface area contributed by atoms with Crippen LogP contribution in [0.5, 0.6) is 0 Å². The standard InChI is InChI=1S/C11H11Cl2N3O3S/c1-20-3-2-19-5-16-4-6(10(17)18)7-8(12)14-11(13)15-9(7)16/h4H,2-3,5H2,1H3,(H,17,18). The molecule has 0 bridgehead atoms. The Labute approximate surface area is 129 Å². The molecule has 6 nitrogen and oxygen atoms in total. The first-order valence-electron chi connectivity index (χ1n) is 5.56. The summed E-state index contributed by atoms with van der Waals surface area (Å²) in [4.78, 5) is 19.0. The SMILES string of the molecule is CSCCOCn1cc(C(=O)O)c2c(Cl)nc(Cl)nc21. The summed E-state index contributed by atoms with van der Waals surface area (Å²) in [6, 6.07) is 0. The molecule has 0 aromatic carbocycles. The van der Waals surface area contributed by atoms with E-state index >= 15 is 0 Å². The van der Waals surface area contributed by atoms with Crippen LogP contribution in [-0.2, 0) is 11.5 Å². The average Bonchev–Trinajstić information content (AvgIpc) is 2.74. The number of ether oxygens (including phenoxy) is 1. The fourth-order valence-electron chi connectivity index (χ4n) is 1.68. The van der Waals surface area contributed by atoms with Gasteiger partial charge in [-0.05, 0) is 17.9 Å². The number of fused-ring (bicyclic) bond motifs is 1. The van der Waals surface area contributed by atoms with E-state index in [1.54, 1.807) is 16.3 Å². The van der Waals surface area contributed by atoms with Crippen LogP contribution < -0.4 is 0 Å². The zero-order valence-corrected chi connectivity index (χ0v) is 12.8. The number of nitrogens with zero attached hydrogens (tertiary/aromatic N) is 3. The van der Waals surface area contributed by atoms with Crippen LogP contribution in [0, 0.1) is 0 Å². The van der Waals surface area contributed by atoms with Crippen LogP contribution in [0.25, 0.3) is 11.0 Å². The van der Waals surface area contributed by atoms with Gasteiger partial charge in [-0.2, -0.15) is 16.7 Å². The Balaban J connectivity index is 2.41. The monoisotopic (exact) mass is 335 g/mol. The van der Waals surface area contributed by atoms with Gasteiger partial charge in [0.05, 0.1) is 17.6 Å². The van der Waals surface area contributed by atoms with Crippen molar-refractivity contribution in [3.63, 3.8) is 0 Å². The number of thioether (sulfide) groups is 1. The maximum absolute atomic E-state index is 11.2. The summed E-state index contributed by atoms with van der Waals surface area (Å²) < 4.78 is 7.00. The lowest BCUT2D eigenvalue weighted by molar-refractivity contribution is 0.0696. The number of carboxylic acids is 1. The van der Waals surface area contributed by atoms with E-state index in [9.17, 15) is 9.90 Å². The van der Waals surface area contributed by atoms with Crippen molar-refractivity contribution in [3.05, 3.63) is 22.2 Å². The predicted octanol–water partition coefficient (Wildman–Crippen LogP) is 2.77. The number of halogens is 2. The Bertz CT molecular complexity index is 647. The minimum atomic E-state index is -1.11. The van der Waals surface area contributed by atoms with Crippen molar-refractivity contribution in [2.24, 2.45) is 0 Å². The third-order valence-electron chi connectivity index (χ3n) is 2.54. The van der Waals surface area contributed by atoms with E-state index in [-0.39, 0.29) is 28.1 Å². The highest BCUT2D eigenvalue weighted by molar-refractivity contribution is 7.98. The zero-order valence-electron chi connectivity index (χ0n) is 10.5. The molecule has 0 aliphatic carbocycles. The van der Waals surface area contributed by atoms with Gasteiger partial charge in [0.1, 0.15) is 17.5 Å². The lowest BCUT2D eigenvalue weighted by atomic mass is 10.2. The van der Waals surface area contributed by atoms with Crippen LogP contribution in [0.4, 0.5) is 0 Å². The van der Waals surface area contributed by atoms with Crippen molar-refractivity contribution in [3.8, 4) is 0 Å². The van der Waals surface area contributed by atoms with E-state index in [1.807, 2.05) is 6.26 Å². The summed E-state index contributed by atoms with van der Waals surface area (Å²) in [7, 11) is 0. The number of carbonyl (C=O) groups is 1. The minimum absolute atomic E-state index is 0.0141. The van der Waals surface area contributed by atoms with Crippen LogP contribution >= 0.6 is 35.0 Å². The Kier molecular flexibility index (Phi) is 5.09. The van der Waals surface area contributed by atoms with Crippen molar-refractivity contribution in [1.29, 1.82) is 0 Å². The molecule has 9 heteroatoms. The number of rotatable bonds is 6. The van der Waals surface area contributed by atoms with Gasteiger partial charge < -0.3 is 14.4 Å². The van der Waals surface area contributed by atoms with Gasteiger partial charge in [0, 0.05) is 11.9 Å². The molecule has 1 N–H and O–H groups in total. The molecule has 2 aromatic heterocycles.